The summed E-state index contributed by atoms with van der Waals surface area (Å²) in [6.45, 7) is 2.35. The van der Waals surface area contributed by atoms with Gasteiger partial charge in [0.2, 0.25) is 0 Å². The summed E-state index contributed by atoms with van der Waals surface area (Å²) in [5.74, 6) is -1.16. The minimum Gasteiger partial charge on any atom is -0.505 e. The first-order valence-corrected chi connectivity index (χ1v) is 7.88. The van der Waals surface area contributed by atoms with Crippen LogP contribution in [0.15, 0.2) is 47.4 Å². The van der Waals surface area contributed by atoms with Crippen LogP contribution in [0.3, 0.4) is 0 Å². The summed E-state index contributed by atoms with van der Waals surface area (Å²) in [6.07, 6.45) is 1.57. The Hall–Kier alpha value is -3.15. The van der Waals surface area contributed by atoms with Gasteiger partial charge in [0.1, 0.15) is 5.52 Å². The maximum atomic E-state index is 13.7. The zero-order valence-corrected chi connectivity index (χ0v) is 13.8. The highest BCUT2D eigenvalue weighted by atomic mass is 19.1. The lowest BCUT2D eigenvalue weighted by atomic mass is 10.1. The molecular weight excluding hydrogens is 321 g/mol. The maximum Gasteiger partial charge on any atom is 0.291 e. The summed E-state index contributed by atoms with van der Waals surface area (Å²) in [6, 6.07) is 10.5. The Morgan fingerprint density at radius 2 is 2.00 bits per heavy atom. The second kappa shape index (κ2) is 5.44. The highest BCUT2D eigenvalue weighted by Crippen LogP contribution is 2.30. The van der Waals surface area contributed by atoms with E-state index in [0.717, 1.165) is 11.1 Å². The summed E-state index contributed by atoms with van der Waals surface area (Å²) in [7, 11) is 1.72. The number of hydrogen-bond donors (Lipinski definition) is 1. The van der Waals surface area contributed by atoms with Crippen molar-refractivity contribution < 1.29 is 9.50 Å². The SMILES string of the molecule is Cc1cccc(Cn2ncc3c4cc(F)c(O)cc4n(C)c3c2=O)c1. The molecule has 1 N–H and O–H groups in total. The number of nitrogens with zero attached hydrogens (tertiary/aromatic N) is 3. The lowest BCUT2D eigenvalue weighted by Gasteiger charge is -2.06. The van der Waals surface area contributed by atoms with Gasteiger partial charge in [0.05, 0.1) is 18.3 Å². The van der Waals surface area contributed by atoms with E-state index in [9.17, 15) is 14.3 Å². The van der Waals surface area contributed by atoms with Crippen LogP contribution in [0.4, 0.5) is 4.39 Å². The van der Waals surface area contributed by atoms with Crippen LogP contribution in [0.1, 0.15) is 11.1 Å². The third-order valence-electron chi connectivity index (χ3n) is 4.49. The van der Waals surface area contributed by atoms with Crippen LogP contribution >= 0.6 is 0 Å². The fourth-order valence-corrected chi connectivity index (χ4v) is 3.26. The number of fused-ring (bicyclic) bond motifs is 3. The summed E-state index contributed by atoms with van der Waals surface area (Å²) < 4.78 is 16.8. The van der Waals surface area contributed by atoms with E-state index in [4.69, 9.17) is 0 Å². The van der Waals surface area contributed by atoms with E-state index in [0.29, 0.717) is 28.4 Å². The molecule has 0 aliphatic heterocycles. The fraction of sp³-hybridized carbons (Fsp3) is 0.158. The van der Waals surface area contributed by atoms with Crippen LogP contribution < -0.4 is 5.56 Å². The molecule has 0 saturated heterocycles. The molecule has 0 fully saturated rings. The van der Waals surface area contributed by atoms with Crippen LogP contribution in [-0.2, 0) is 13.6 Å². The van der Waals surface area contributed by atoms with Crippen molar-refractivity contribution in [3.05, 3.63) is 69.9 Å². The first-order chi connectivity index (χ1) is 12.0. The molecule has 2 heterocycles. The molecule has 2 aromatic heterocycles. The fourth-order valence-electron chi connectivity index (χ4n) is 3.26. The molecule has 126 valence electrons. The molecule has 25 heavy (non-hydrogen) atoms. The Morgan fingerprint density at radius 3 is 2.76 bits per heavy atom. The van der Waals surface area contributed by atoms with Crippen LogP contribution in [0, 0.1) is 12.7 Å². The van der Waals surface area contributed by atoms with Crippen molar-refractivity contribution in [2.24, 2.45) is 7.05 Å². The molecule has 0 bridgehead atoms. The van der Waals surface area contributed by atoms with Gasteiger partial charge in [-0.25, -0.2) is 9.07 Å². The number of halogens is 1. The highest BCUT2D eigenvalue weighted by Gasteiger charge is 2.16. The summed E-state index contributed by atoms with van der Waals surface area (Å²) in [4.78, 5) is 12.9. The van der Waals surface area contributed by atoms with E-state index < -0.39 is 11.6 Å². The Morgan fingerprint density at radius 1 is 1.20 bits per heavy atom. The van der Waals surface area contributed by atoms with Crippen molar-refractivity contribution in [3.63, 3.8) is 0 Å². The Labute approximate surface area is 142 Å². The van der Waals surface area contributed by atoms with Crippen LogP contribution in [0.25, 0.3) is 21.8 Å². The number of rotatable bonds is 2. The lowest BCUT2D eigenvalue weighted by Crippen LogP contribution is -2.24. The van der Waals surface area contributed by atoms with Gasteiger partial charge in [0.15, 0.2) is 11.6 Å². The molecule has 4 rings (SSSR count). The molecular formula is C19H16FN3O2. The number of aromatic nitrogens is 3. The number of hydrogen-bond acceptors (Lipinski definition) is 3. The van der Waals surface area contributed by atoms with Crippen LogP contribution in [-0.4, -0.2) is 19.5 Å². The van der Waals surface area contributed by atoms with Gasteiger partial charge >= 0.3 is 0 Å². The minimum absolute atomic E-state index is 0.252. The summed E-state index contributed by atoms with van der Waals surface area (Å²) in [5, 5.41) is 15.0. The zero-order chi connectivity index (χ0) is 17.7. The van der Waals surface area contributed by atoms with Crippen LogP contribution in [0.5, 0.6) is 5.75 Å². The monoisotopic (exact) mass is 337 g/mol. The number of benzene rings is 2. The molecule has 0 aliphatic rings. The van der Waals surface area contributed by atoms with E-state index in [-0.39, 0.29) is 5.56 Å². The molecule has 2 aromatic carbocycles. The Balaban J connectivity index is 1.95. The molecule has 0 saturated carbocycles. The van der Waals surface area contributed by atoms with E-state index in [1.807, 2.05) is 31.2 Å². The van der Waals surface area contributed by atoms with Gasteiger partial charge in [-0.1, -0.05) is 29.8 Å². The molecule has 0 radical (unpaired) electrons. The third-order valence-corrected chi connectivity index (χ3v) is 4.49. The average molecular weight is 337 g/mol. The first kappa shape index (κ1) is 15.4. The van der Waals surface area contributed by atoms with Crippen LogP contribution in [0.2, 0.25) is 0 Å². The molecule has 5 nitrogen and oxygen atoms in total. The predicted octanol–water partition coefficient (Wildman–Crippen LogP) is 3.09. The van der Waals surface area contributed by atoms with Crippen molar-refractivity contribution in [1.82, 2.24) is 14.3 Å². The molecule has 0 spiro atoms. The Bertz CT molecular complexity index is 1190. The lowest BCUT2D eigenvalue weighted by molar-refractivity contribution is 0.433. The van der Waals surface area contributed by atoms with E-state index >= 15 is 0 Å². The standard InChI is InChI=1S/C19H16FN3O2/c1-11-4-3-5-12(6-11)10-23-19(25)18-14(9-21-23)13-7-15(20)17(24)8-16(13)22(18)2/h3-9,24H,10H2,1-2H3. The number of aromatic hydroxyl groups is 1. The number of phenolic OH excluding ortho intramolecular Hbond substituents is 1. The largest absolute Gasteiger partial charge is 0.505 e. The van der Waals surface area contributed by atoms with Gasteiger partial charge in [-0.2, -0.15) is 5.10 Å². The quantitative estimate of drug-likeness (QED) is 0.611. The van der Waals surface area contributed by atoms with E-state index in [1.54, 1.807) is 17.8 Å². The highest BCUT2D eigenvalue weighted by molar-refractivity contribution is 6.07. The average Bonchev–Trinajstić information content (AvgIpc) is 2.84. The number of aryl methyl sites for hydroxylation is 2. The summed E-state index contributed by atoms with van der Waals surface area (Å²) >= 11 is 0. The van der Waals surface area contributed by atoms with Gasteiger partial charge in [-0.05, 0) is 18.6 Å². The molecule has 6 heteroatoms. The molecule has 0 atom stereocenters. The third kappa shape index (κ3) is 2.38. The van der Waals surface area contributed by atoms with E-state index in [2.05, 4.69) is 5.10 Å². The molecule has 0 aliphatic carbocycles. The molecule has 0 unspecified atom stereocenters. The maximum absolute atomic E-state index is 13.7. The zero-order valence-electron chi connectivity index (χ0n) is 13.8. The minimum atomic E-state index is -0.719. The van der Waals surface area contributed by atoms with Gasteiger partial charge in [-0.15, -0.1) is 0 Å². The van der Waals surface area contributed by atoms with Gasteiger partial charge in [0.25, 0.3) is 5.56 Å². The molecule has 0 amide bonds. The van der Waals surface area contributed by atoms with Gasteiger partial charge in [-0.3, -0.25) is 4.79 Å². The second-order valence-corrected chi connectivity index (χ2v) is 6.24. The van der Waals surface area contributed by atoms with Gasteiger partial charge < -0.3 is 9.67 Å². The van der Waals surface area contributed by atoms with E-state index in [1.165, 1.54) is 16.8 Å². The van der Waals surface area contributed by atoms with Gasteiger partial charge in [0, 0.05) is 23.9 Å². The van der Waals surface area contributed by atoms with Crippen molar-refractivity contribution >= 4 is 21.8 Å². The van der Waals surface area contributed by atoms with Crippen molar-refractivity contribution in [3.8, 4) is 5.75 Å². The summed E-state index contributed by atoms with van der Waals surface area (Å²) in [5.41, 5.74) is 2.86. The topological polar surface area (TPSA) is 60.0 Å². The van der Waals surface area contributed by atoms with Crippen molar-refractivity contribution in [2.45, 2.75) is 13.5 Å². The van der Waals surface area contributed by atoms with Crippen molar-refractivity contribution in [2.75, 3.05) is 0 Å². The second-order valence-electron chi connectivity index (χ2n) is 6.24. The normalized spacial score (nSPS) is 11.5. The van der Waals surface area contributed by atoms with Crippen molar-refractivity contribution in [1.29, 1.82) is 0 Å². The Kier molecular flexibility index (Phi) is 3.35. The molecule has 4 aromatic rings. The first-order valence-electron chi connectivity index (χ1n) is 7.88. The predicted molar refractivity (Wildman–Crippen MR) is 94.4 cm³/mol. The number of phenols is 1. The smallest absolute Gasteiger partial charge is 0.291 e.